The number of nitrogens with one attached hydrogen (secondary N) is 2. The zero-order valence-electron chi connectivity index (χ0n) is 80.6. The number of phenolic OH excluding ortho intramolecular Hbond substituents is 2. The van der Waals surface area contributed by atoms with E-state index in [0.717, 1.165) is 134 Å². The lowest BCUT2D eigenvalue weighted by Gasteiger charge is -2.20. The summed E-state index contributed by atoms with van der Waals surface area (Å²) in [5.74, 6) is 4.65. The zero-order chi connectivity index (χ0) is 98.8. The minimum Gasteiger partial charge on any atom is -0.508 e. The zero-order valence-corrected chi connectivity index (χ0v) is 87.5. The number of methoxy groups -OCH3 is 3. The van der Waals surface area contributed by atoms with E-state index in [0.29, 0.717) is 121 Å². The van der Waals surface area contributed by atoms with Crippen molar-refractivity contribution in [1.29, 1.82) is 0 Å². The molecule has 0 saturated heterocycles. The first-order valence-corrected chi connectivity index (χ1v) is 51.2. The lowest BCUT2D eigenvalue weighted by atomic mass is 9.95. The molecule has 14 aromatic carbocycles. The Morgan fingerprint density at radius 3 is 0.688 bits per heavy atom. The highest BCUT2D eigenvalue weighted by atomic mass is 127. The number of hydrogen-bond acceptors (Lipinski definition) is 11. The number of ether oxygens (including phenoxy) is 3. The van der Waals surface area contributed by atoms with Crippen LogP contribution in [0.3, 0.4) is 0 Å². The molecule has 6 heterocycles. The highest BCUT2D eigenvalue weighted by Gasteiger charge is 2.26. The van der Waals surface area contributed by atoms with Gasteiger partial charge in [0, 0.05) is 102 Å². The molecule has 0 bridgehead atoms. The van der Waals surface area contributed by atoms with Gasteiger partial charge in [-0.25, -0.2) is 0 Å². The van der Waals surface area contributed by atoms with E-state index in [1.54, 1.807) is 45.6 Å². The third-order valence-electron chi connectivity index (χ3n) is 28.0. The topological polar surface area (TPSA) is 222 Å². The van der Waals surface area contributed by atoms with Gasteiger partial charge < -0.3 is 52.7 Å². The van der Waals surface area contributed by atoms with Crippen LogP contribution >= 0.6 is 69.9 Å². The average molecular weight is 2190 g/mol. The van der Waals surface area contributed by atoms with Crippen molar-refractivity contribution in [3.8, 4) is 51.5 Å². The van der Waals surface area contributed by atoms with Crippen LogP contribution in [0.25, 0.3) is 154 Å². The average Bonchev–Trinajstić information content (AvgIpc) is 0.719. The van der Waals surface area contributed by atoms with Crippen LogP contribution in [-0.2, 0) is 0 Å². The van der Waals surface area contributed by atoms with E-state index >= 15 is 0 Å². The fourth-order valence-corrected chi connectivity index (χ4v) is 18.9. The summed E-state index contributed by atoms with van der Waals surface area (Å²) in [7, 11) is 4.96. The molecule has 0 saturated carbocycles. The number of phenols is 2. The normalized spacial score (nSPS) is 12.6. The fourth-order valence-electron chi connectivity index (χ4n) is 18.5. The van der Waals surface area contributed by atoms with E-state index < -0.39 is 0 Å². The second kappa shape index (κ2) is 44.5. The van der Waals surface area contributed by atoms with Gasteiger partial charge in [0.05, 0.1) is 76.5 Å². The van der Waals surface area contributed by atoms with Gasteiger partial charge in [-0.2, -0.15) is 0 Å². The molecular weight excluding hydrogens is 2070 g/mol. The maximum atomic E-state index is 14.6. The minimum atomic E-state index is -0.107. The number of aromatic hydroxyl groups is 2. The summed E-state index contributed by atoms with van der Waals surface area (Å²) < 4.78 is 25.6. The Bertz CT molecular complexity index is 8050. The summed E-state index contributed by atoms with van der Waals surface area (Å²) in [6.45, 7) is 25.9. The Morgan fingerprint density at radius 2 is 0.461 bits per heavy atom. The van der Waals surface area contributed by atoms with E-state index in [4.69, 9.17) is 14.2 Å². The molecule has 6 unspecified atom stereocenters. The molecule has 22 heteroatoms. The predicted octanol–water partition coefficient (Wildman–Crippen LogP) is 31.1. The molecule has 6 aromatic heterocycles. The van der Waals surface area contributed by atoms with Crippen molar-refractivity contribution < 1.29 is 24.4 Å². The number of H-pyrrole nitrogens is 2. The summed E-state index contributed by atoms with van der Waals surface area (Å²) in [6, 6.07) is 85.1. The minimum absolute atomic E-state index is 0. The van der Waals surface area contributed by atoms with Crippen LogP contribution in [0.2, 0.25) is 0 Å². The van der Waals surface area contributed by atoms with Crippen molar-refractivity contribution in [3.63, 3.8) is 0 Å². The summed E-state index contributed by atoms with van der Waals surface area (Å²) >= 11 is 11.6. The molecule has 4 N–H and O–H groups in total. The van der Waals surface area contributed by atoms with Crippen molar-refractivity contribution in [2.45, 2.75) is 172 Å². The monoisotopic (exact) mass is 2180 g/mol. The van der Waals surface area contributed by atoms with Crippen LogP contribution < -0.4 is 46.8 Å². The maximum Gasteiger partial charge on any atom is 0.369 e. The van der Waals surface area contributed by atoms with Gasteiger partial charge in [-0.3, -0.25) is 28.8 Å². The predicted molar refractivity (Wildman–Crippen MR) is 613 cm³/mol. The van der Waals surface area contributed by atoms with Gasteiger partial charge in [-0.15, -0.1) is 47.3 Å². The number of hydrogen-bond donors (Lipinski definition) is 4. The van der Waals surface area contributed by atoms with Crippen molar-refractivity contribution in [2.75, 3.05) is 21.3 Å². The molecule has 20 rings (SSSR count). The van der Waals surface area contributed by atoms with Crippen LogP contribution in [0, 0.1) is 3.57 Å². The number of halogens is 4. The van der Waals surface area contributed by atoms with Crippen molar-refractivity contribution in [1.82, 2.24) is 28.2 Å². The van der Waals surface area contributed by atoms with Crippen LogP contribution in [-0.4, -0.2) is 63.0 Å². The van der Waals surface area contributed by atoms with Crippen molar-refractivity contribution in [2.24, 2.45) is 0 Å². The second-order valence-corrected chi connectivity index (χ2v) is 43.9. The Labute approximate surface area is 859 Å². The first-order valence-electron chi connectivity index (χ1n) is 47.4. The number of benzene rings is 14. The molecule has 0 amide bonds. The Morgan fingerprint density at radius 1 is 0.270 bits per heavy atom. The highest BCUT2D eigenvalue weighted by Crippen LogP contribution is 2.39. The first kappa shape index (κ1) is 104. The van der Waals surface area contributed by atoms with Crippen LogP contribution in [0.15, 0.2) is 296 Å². The lowest BCUT2D eigenvalue weighted by molar-refractivity contribution is 0.414. The van der Waals surface area contributed by atoms with Gasteiger partial charge in [-0.05, 0) is 361 Å². The van der Waals surface area contributed by atoms with Gasteiger partial charge >= 0.3 is 3.18 Å². The molecule has 20 aromatic rings. The van der Waals surface area contributed by atoms with Gasteiger partial charge in [0.15, 0.2) is 32.6 Å². The van der Waals surface area contributed by atoms with E-state index in [1.807, 2.05) is 215 Å². The number of aromatic amines is 2. The van der Waals surface area contributed by atoms with E-state index in [9.17, 15) is 39.0 Å². The standard InChI is InChI=1S/C42H40N2O4.C40H36N2O4.C28H28N2O2.C7H7IO.2CH4.BBr3/c1-7-25(3)27-9-19-37-33(21-27)41(45)35-23-40-36(24-39(35)43(37)29-11-15-31(47-5)16-12-29)42(46)34-22-28(26(4)8-2)10-20-38(34)44(40)30-13-17-32(48-6)18-14-30;1-5-23(3)25-7-17-35-31(19-25)39(45)33-21-38-34(22-37(33)41(35)27-9-13-29(43)14-10-27)40(46)32-20-26(24(4)6-2)8-18-36(32)42(38)28-11-15-30(44)16-12-28;1-5-15(3)17-7-9-23-19(11-17)27(31)21-13-26-22(14-25(21)29-23)28(32)20-12-18(16(4)6-2)8-10-24(20)30-26;1-9-7-4-2-6(8)3-5-7;;;2-1(3)4/h9-26H,7-8H2,1-6H3;7-24,43-44H,5-6H2,1-4H3;7-16H,5-6H2,1-4H3,(H,29,31)(H,30,32);2-5H,1H3;2*1H4;. The molecule has 0 radical (unpaired) electrons. The Kier molecular flexibility index (Phi) is 32.8. The third-order valence-corrected chi connectivity index (χ3v) is 28.7. The number of fused-ring (bicyclic) bond motifs is 12. The molecule has 141 heavy (non-hydrogen) atoms. The summed E-state index contributed by atoms with van der Waals surface area (Å²) in [5.41, 5.74) is 18.3. The Hall–Kier alpha value is -12.9. The molecular formula is C119H119BBr3IN6O11. The molecule has 0 fully saturated rings. The van der Waals surface area contributed by atoms with Crippen LogP contribution in [0.5, 0.6) is 28.7 Å². The number of pyridine rings is 6. The molecule has 0 spiro atoms. The molecule has 0 aliphatic carbocycles. The van der Waals surface area contributed by atoms with Crippen molar-refractivity contribution >= 4 is 204 Å². The van der Waals surface area contributed by atoms with Crippen molar-refractivity contribution in [3.05, 3.63) is 365 Å². The summed E-state index contributed by atoms with van der Waals surface area (Å²) in [4.78, 5) is 91.6. The summed E-state index contributed by atoms with van der Waals surface area (Å²) in [5, 5.41) is 27.3. The maximum absolute atomic E-state index is 14.6. The van der Waals surface area contributed by atoms with E-state index in [-0.39, 0.29) is 73.9 Å². The molecule has 6 atom stereocenters. The first-order chi connectivity index (χ1) is 66.9. The van der Waals surface area contributed by atoms with Crippen LogP contribution in [0.1, 0.15) is 205 Å². The fraction of sp³-hybridized carbons (Fsp3) is 0.244. The second-order valence-electron chi connectivity index (χ2n) is 36.2. The van der Waals surface area contributed by atoms with Gasteiger partial charge in [0.1, 0.15) is 28.7 Å². The largest absolute Gasteiger partial charge is 0.508 e. The third kappa shape index (κ3) is 20.8. The smallest absolute Gasteiger partial charge is 0.369 e. The van der Waals surface area contributed by atoms with Gasteiger partial charge in [0.25, 0.3) is 0 Å². The van der Waals surface area contributed by atoms with Gasteiger partial charge in [0.2, 0.25) is 0 Å². The van der Waals surface area contributed by atoms with Crippen LogP contribution in [0.4, 0.5) is 0 Å². The lowest BCUT2D eigenvalue weighted by Crippen LogP contribution is -2.15. The number of rotatable bonds is 19. The van der Waals surface area contributed by atoms with Gasteiger partial charge in [-0.1, -0.05) is 134 Å². The summed E-state index contributed by atoms with van der Waals surface area (Å²) in [6.07, 6.45) is 5.87. The number of nitrogens with zero attached hydrogens (tertiary/aromatic N) is 4. The molecule has 0 aliphatic heterocycles. The molecule has 17 nitrogen and oxygen atoms in total. The van der Waals surface area contributed by atoms with E-state index in [1.165, 1.54) is 14.7 Å². The number of aromatic nitrogens is 6. The quantitative estimate of drug-likeness (QED) is 0.0339. The highest BCUT2D eigenvalue weighted by molar-refractivity contribution is 14.1. The van der Waals surface area contributed by atoms with E-state index in [2.05, 4.69) is 208 Å². The molecule has 0 aliphatic rings. The Balaban J connectivity index is 0.000000159. The molecule has 722 valence electrons. The SMILES string of the molecule is BrB(Br)Br.C.C.CCC(C)c1ccc2[nH]c3cc4c(=O)c5cc(C(C)CC)ccc5[nH]c4cc3c(=O)c2c1.CCC(C)c1ccc2c(c1)c(=O)c1cc3c(cc1n2-c1ccc(O)cc1)c(=O)c1cc(C(C)CC)ccc1n3-c1ccc(O)cc1.CCC(C)c1ccc2c(c1)c(=O)c1cc3c(cc1n2-c1ccc(OC)cc1)c(=O)c1cc(C(C)CC)ccc1n3-c1ccc(OC)cc1.COc1ccc(I)cc1.